The van der Waals surface area contributed by atoms with E-state index in [0.717, 1.165) is 44.1 Å². The van der Waals surface area contributed by atoms with Crippen molar-refractivity contribution in [3.63, 3.8) is 0 Å². The second-order valence-corrected chi connectivity index (χ2v) is 6.21. The highest BCUT2D eigenvalue weighted by molar-refractivity contribution is 14.0. The van der Waals surface area contributed by atoms with E-state index in [9.17, 15) is 4.39 Å². The molecule has 1 aliphatic heterocycles. The summed E-state index contributed by atoms with van der Waals surface area (Å²) < 4.78 is 24.3. The first-order chi connectivity index (χ1) is 12.7. The summed E-state index contributed by atoms with van der Waals surface area (Å²) in [7, 11) is 1.70. The van der Waals surface area contributed by atoms with Gasteiger partial charge in [0.25, 0.3) is 0 Å². The van der Waals surface area contributed by atoms with E-state index in [2.05, 4.69) is 15.5 Å². The molecule has 0 saturated carbocycles. The third-order valence-corrected chi connectivity index (χ3v) is 4.30. The van der Waals surface area contributed by atoms with Gasteiger partial charge in [0.05, 0.1) is 25.8 Å². The lowest BCUT2D eigenvalue weighted by Gasteiger charge is -2.34. The van der Waals surface area contributed by atoms with Gasteiger partial charge < -0.3 is 20.1 Å². The first-order valence-corrected chi connectivity index (χ1v) is 9.33. The molecule has 1 fully saturated rings. The van der Waals surface area contributed by atoms with Crippen molar-refractivity contribution in [3.8, 4) is 0 Å². The maximum Gasteiger partial charge on any atom is 0.191 e. The Labute approximate surface area is 178 Å². The van der Waals surface area contributed by atoms with Crippen molar-refractivity contribution in [3.05, 3.63) is 35.6 Å². The molecule has 0 amide bonds. The average Bonchev–Trinajstić information content (AvgIpc) is 2.66. The number of ether oxygens (including phenoxy) is 2. The molecule has 0 radical (unpaired) electrons. The van der Waals surface area contributed by atoms with E-state index in [1.54, 1.807) is 19.2 Å². The largest absolute Gasteiger partial charge is 0.385 e. The van der Waals surface area contributed by atoms with Gasteiger partial charge in [-0.25, -0.2) is 4.39 Å². The standard InChI is InChI=1S/C19H31FN4O2.HI/c1-3-21-19(22-8-5-11-25-2)23-15-18(24-9-12-26-13-10-24)16-6-4-7-17(20)14-16;/h4,6-7,14,18H,3,5,8-13,15H2,1-2H3,(H2,21,22,23);1H. The molecular weight excluding hydrogens is 462 g/mol. The van der Waals surface area contributed by atoms with Crippen molar-refractivity contribution < 1.29 is 13.9 Å². The smallest absolute Gasteiger partial charge is 0.191 e. The summed E-state index contributed by atoms with van der Waals surface area (Å²) in [5, 5.41) is 6.58. The van der Waals surface area contributed by atoms with E-state index in [-0.39, 0.29) is 35.8 Å². The Morgan fingerprint density at radius 2 is 2.11 bits per heavy atom. The van der Waals surface area contributed by atoms with Crippen molar-refractivity contribution in [2.75, 3.05) is 59.7 Å². The number of nitrogens with zero attached hydrogens (tertiary/aromatic N) is 2. The Hall–Kier alpha value is -0.970. The number of morpholine rings is 1. The Bertz CT molecular complexity index is 556. The monoisotopic (exact) mass is 494 g/mol. The predicted molar refractivity (Wildman–Crippen MR) is 117 cm³/mol. The van der Waals surface area contributed by atoms with Crippen LogP contribution in [0, 0.1) is 5.82 Å². The van der Waals surface area contributed by atoms with Gasteiger partial charge in [-0.3, -0.25) is 9.89 Å². The van der Waals surface area contributed by atoms with Crippen LogP contribution in [0.1, 0.15) is 24.9 Å². The molecule has 154 valence electrons. The Kier molecular flexibility index (Phi) is 12.6. The van der Waals surface area contributed by atoms with Crippen LogP contribution in [0.15, 0.2) is 29.3 Å². The maximum absolute atomic E-state index is 13.7. The third kappa shape index (κ3) is 8.71. The first-order valence-electron chi connectivity index (χ1n) is 9.33. The van der Waals surface area contributed by atoms with Crippen LogP contribution in [0.25, 0.3) is 0 Å². The number of benzene rings is 1. The predicted octanol–water partition coefficient (Wildman–Crippen LogP) is 2.41. The van der Waals surface area contributed by atoms with E-state index in [1.165, 1.54) is 6.07 Å². The van der Waals surface area contributed by atoms with Crippen molar-refractivity contribution in [2.45, 2.75) is 19.4 Å². The summed E-state index contributed by atoms with van der Waals surface area (Å²) in [4.78, 5) is 7.06. The number of methoxy groups -OCH3 is 1. The van der Waals surface area contributed by atoms with E-state index >= 15 is 0 Å². The molecule has 0 aromatic heterocycles. The molecule has 1 aliphatic rings. The number of rotatable bonds is 9. The van der Waals surface area contributed by atoms with Crippen LogP contribution in [0.3, 0.4) is 0 Å². The molecular formula is C19H32FIN4O2. The van der Waals surface area contributed by atoms with Crippen LogP contribution < -0.4 is 10.6 Å². The molecule has 0 spiro atoms. The number of halogens is 2. The lowest BCUT2D eigenvalue weighted by atomic mass is 10.0. The fourth-order valence-corrected chi connectivity index (χ4v) is 2.98. The zero-order valence-electron chi connectivity index (χ0n) is 16.2. The summed E-state index contributed by atoms with van der Waals surface area (Å²) >= 11 is 0. The lowest BCUT2D eigenvalue weighted by Crippen LogP contribution is -2.42. The molecule has 1 saturated heterocycles. The van der Waals surface area contributed by atoms with Crippen LogP contribution >= 0.6 is 24.0 Å². The molecule has 27 heavy (non-hydrogen) atoms. The number of hydrogen-bond donors (Lipinski definition) is 2. The zero-order valence-corrected chi connectivity index (χ0v) is 18.6. The fraction of sp³-hybridized carbons (Fsp3) is 0.632. The molecule has 0 aliphatic carbocycles. The summed E-state index contributed by atoms with van der Waals surface area (Å²) in [6.07, 6.45) is 0.914. The van der Waals surface area contributed by atoms with Gasteiger partial charge in [0.15, 0.2) is 5.96 Å². The Morgan fingerprint density at radius 3 is 2.78 bits per heavy atom. The summed E-state index contributed by atoms with van der Waals surface area (Å²) in [6, 6.07) is 6.84. The molecule has 1 heterocycles. The topological polar surface area (TPSA) is 58.1 Å². The number of aliphatic imine (C=N–C) groups is 1. The minimum atomic E-state index is -0.214. The van der Waals surface area contributed by atoms with Gasteiger partial charge in [-0.1, -0.05) is 12.1 Å². The van der Waals surface area contributed by atoms with Gasteiger partial charge >= 0.3 is 0 Å². The second kappa shape index (κ2) is 14.1. The quantitative estimate of drug-likeness (QED) is 0.239. The zero-order chi connectivity index (χ0) is 18.6. The van der Waals surface area contributed by atoms with Gasteiger partial charge in [-0.2, -0.15) is 0 Å². The van der Waals surface area contributed by atoms with Crippen molar-refractivity contribution >= 4 is 29.9 Å². The SMILES string of the molecule is CCNC(=NCC(c1cccc(F)c1)N1CCOCC1)NCCCOC.I. The lowest BCUT2D eigenvalue weighted by molar-refractivity contribution is 0.0179. The summed E-state index contributed by atoms with van der Waals surface area (Å²) in [6.45, 7) is 7.95. The highest BCUT2D eigenvalue weighted by atomic mass is 127. The van der Waals surface area contributed by atoms with E-state index in [4.69, 9.17) is 14.5 Å². The minimum Gasteiger partial charge on any atom is -0.385 e. The Balaban J connectivity index is 0.00000364. The molecule has 1 aromatic carbocycles. The van der Waals surface area contributed by atoms with E-state index < -0.39 is 0 Å². The van der Waals surface area contributed by atoms with Crippen molar-refractivity contribution in [2.24, 2.45) is 4.99 Å². The van der Waals surface area contributed by atoms with Crippen LogP contribution in [-0.4, -0.2) is 70.5 Å². The van der Waals surface area contributed by atoms with Gasteiger partial charge in [-0.15, -0.1) is 24.0 Å². The molecule has 6 nitrogen and oxygen atoms in total. The van der Waals surface area contributed by atoms with Gasteiger partial charge in [-0.05, 0) is 31.0 Å². The molecule has 8 heteroatoms. The number of nitrogens with one attached hydrogen (secondary N) is 2. The fourth-order valence-electron chi connectivity index (χ4n) is 2.98. The molecule has 1 unspecified atom stereocenters. The number of hydrogen-bond acceptors (Lipinski definition) is 4. The third-order valence-electron chi connectivity index (χ3n) is 4.30. The molecule has 1 atom stereocenters. The average molecular weight is 494 g/mol. The highest BCUT2D eigenvalue weighted by Crippen LogP contribution is 2.23. The second-order valence-electron chi connectivity index (χ2n) is 6.21. The van der Waals surface area contributed by atoms with E-state index in [1.807, 2.05) is 13.0 Å². The van der Waals surface area contributed by atoms with Crippen molar-refractivity contribution in [1.29, 1.82) is 0 Å². The molecule has 2 N–H and O–H groups in total. The van der Waals surface area contributed by atoms with Gasteiger partial charge in [0, 0.05) is 39.9 Å². The first kappa shape index (κ1) is 24.1. The van der Waals surface area contributed by atoms with E-state index in [0.29, 0.717) is 26.4 Å². The summed E-state index contributed by atoms with van der Waals surface area (Å²) in [5.74, 6) is 0.563. The van der Waals surface area contributed by atoms with Gasteiger partial charge in [0.1, 0.15) is 5.82 Å². The molecule has 1 aromatic rings. The van der Waals surface area contributed by atoms with Crippen molar-refractivity contribution in [1.82, 2.24) is 15.5 Å². The highest BCUT2D eigenvalue weighted by Gasteiger charge is 2.23. The van der Waals surface area contributed by atoms with Crippen LogP contribution in [-0.2, 0) is 9.47 Å². The Morgan fingerprint density at radius 1 is 1.33 bits per heavy atom. The van der Waals surface area contributed by atoms with Gasteiger partial charge in [0.2, 0.25) is 0 Å². The van der Waals surface area contributed by atoms with Crippen LogP contribution in [0.5, 0.6) is 0 Å². The molecule has 2 rings (SSSR count). The molecule has 0 bridgehead atoms. The summed E-state index contributed by atoms with van der Waals surface area (Å²) in [5.41, 5.74) is 0.950. The minimum absolute atomic E-state index is 0. The van der Waals surface area contributed by atoms with Crippen LogP contribution in [0.4, 0.5) is 4.39 Å². The number of guanidine groups is 1. The maximum atomic E-state index is 13.7. The normalized spacial score (nSPS) is 16.5. The van der Waals surface area contributed by atoms with Crippen LogP contribution in [0.2, 0.25) is 0 Å².